The summed E-state index contributed by atoms with van der Waals surface area (Å²) in [5, 5.41) is 12.6. The summed E-state index contributed by atoms with van der Waals surface area (Å²) in [4.78, 5) is 29.5. The topological polar surface area (TPSA) is 72.9 Å². The molecule has 2 aliphatic carbocycles. The zero-order valence-electron chi connectivity index (χ0n) is 18.0. The molecule has 0 aromatic heterocycles. The highest BCUT2D eigenvalue weighted by molar-refractivity contribution is 5.94. The van der Waals surface area contributed by atoms with E-state index in [4.69, 9.17) is 0 Å². The zero-order chi connectivity index (χ0) is 21.6. The van der Waals surface area contributed by atoms with E-state index < -0.39 is 5.41 Å². The van der Waals surface area contributed by atoms with E-state index in [9.17, 15) is 19.1 Å². The molecule has 7 heteroatoms. The molecule has 0 bridgehead atoms. The molecule has 2 saturated carbocycles. The number of piperidine rings is 1. The molecule has 1 aromatic carbocycles. The predicted octanol–water partition coefficient (Wildman–Crippen LogP) is 3.30. The zero-order valence-corrected chi connectivity index (χ0v) is 18.0. The molecule has 4 aliphatic rings. The first kappa shape index (κ1) is 20.7. The number of hydrogen-bond acceptors (Lipinski definition) is 4. The number of carbonyl (C=O) groups is 2. The third-order valence-electron chi connectivity index (χ3n) is 7.73. The number of likely N-dealkylation sites (tertiary alicyclic amines) is 1. The van der Waals surface area contributed by atoms with Crippen LogP contribution >= 0.6 is 0 Å². The molecule has 1 atom stereocenters. The predicted molar refractivity (Wildman–Crippen MR) is 116 cm³/mol. The average Bonchev–Trinajstić information content (AvgIpc) is 3.56. The number of anilines is 2. The van der Waals surface area contributed by atoms with E-state index in [0.29, 0.717) is 17.9 Å². The lowest BCUT2D eigenvalue weighted by Gasteiger charge is -2.41. The third kappa shape index (κ3) is 4.04. The molecule has 168 valence electrons. The first-order valence-electron chi connectivity index (χ1n) is 11.8. The van der Waals surface area contributed by atoms with Crippen molar-refractivity contribution in [2.75, 3.05) is 29.9 Å². The van der Waals surface area contributed by atoms with Gasteiger partial charge in [-0.1, -0.05) is 0 Å². The van der Waals surface area contributed by atoms with Gasteiger partial charge in [0.25, 0.3) is 0 Å². The molecule has 2 saturated heterocycles. The normalized spacial score (nSPS) is 31.4. The molecule has 0 unspecified atom stereocenters. The maximum Gasteiger partial charge on any atom is 0.230 e. The minimum atomic E-state index is -0.431. The van der Waals surface area contributed by atoms with Crippen molar-refractivity contribution in [3.63, 3.8) is 0 Å². The Kier molecular flexibility index (Phi) is 5.40. The summed E-state index contributed by atoms with van der Waals surface area (Å²) in [5.74, 6) is -0.0917. The van der Waals surface area contributed by atoms with Crippen LogP contribution in [0.2, 0.25) is 0 Å². The van der Waals surface area contributed by atoms with Crippen LogP contribution in [0.25, 0.3) is 0 Å². The van der Waals surface area contributed by atoms with Gasteiger partial charge >= 0.3 is 0 Å². The van der Waals surface area contributed by atoms with Crippen molar-refractivity contribution in [1.82, 2.24) is 4.90 Å². The standard InChI is InChI=1S/C24H32FN3O3/c25-20-14-17(26-22(30)16-2-3-16)4-9-21(20)27-12-1-10-24(15-27)11-13-28(23(24)31)18-5-7-19(29)8-6-18/h4,9,14,16,18-19,29H,1-3,5-8,10-13,15H2,(H,26,30)/t18?,19?,24-/m1/s1. The summed E-state index contributed by atoms with van der Waals surface area (Å²) in [5.41, 5.74) is 0.572. The van der Waals surface area contributed by atoms with Gasteiger partial charge in [-0.15, -0.1) is 0 Å². The molecule has 4 fully saturated rings. The van der Waals surface area contributed by atoms with Crippen LogP contribution in [0.3, 0.4) is 0 Å². The van der Waals surface area contributed by atoms with Gasteiger partial charge in [0.05, 0.1) is 17.2 Å². The molecule has 2 heterocycles. The number of rotatable bonds is 4. The average molecular weight is 430 g/mol. The Morgan fingerprint density at radius 3 is 2.58 bits per heavy atom. The second kappa shape index (κ2) is 8.08. The lowest BCUT2D eigenvalue weighted by atomic mass is 9.78. The van der Waals surface area contributed by atoms with Gasteiger partial charge in [-0.3, -0.25) is 9.59 Å². The second-order valence-electron chi connectivity index (χ2n) is 9.95. The maximum absolute atomic E-state index is 15.0. The summed E-state index contributed by atoms with van der Waals surface area (Å²) < 4.78 is 15.0. The number of aliphatic hydroxyl groups is 1. The van der Waals surface area contributed by atoms with Crippen molar-refractivity contribution in [3.8, 4) is 0 Å². The molecule has 5 rings (SSSR count). The fraction of sp³-hybridized carbons (Fsp3) is 0.667. The summed E-state index contributed by atoms with van der Waals surface area (Å²) >= 11 is 0. The number of aliphatic hydroxyl groups excluding tert-OH is 1. The Hall–Kier alpha value is -2.15. The van der Waals surface area contributed by atoms with Crippen molar-refractivity contribution < 1.29 is 19.1 Å². The molecular weight excluding hydrogens is 397 g/mol. The van der Waals surface area contributed by atoms with Crippen molar-refractivity contribution >= 4 is 23.2 Å². The lowest BCUT2D eigenvalue weighted by Crippen LogP contribution is -2.50. The van der Waals surface area contributed by atoms with E-state index in [0.717, 1.165) is 70.9 Å². The first-order chi connectivity index (χ1) is 14.9. The van der Waals surface area contributed by atoms with E-state index in [1.807, 2.05) is 9.80 Å². The Balaban J connectivity index is 1.28. The Morgan fingerprint density at radius 1 is 1.10 bits per heavy atom. The molecule has 2 aliphatic heterocycles. The van der Waals surface area contributed by atoms with E-state index >= 15 is 0 Å². The molecule has 1 aromatic rings. The van der Waals surface area contributed by atoms with Gasteiger partial charge in [-0.05, 0) is 76.0 Å². The quantitative estimate of drug-likeness (QED) is 0.770. The van der Waals surface area contributed by atoms with Crippen LogP contribution in [0, 0.1) is 17.2 Å². The number of nitrogens with one attached hydrogen (secondary N) is 1. The van der Waals surface area contributed by atoms with Crippen LogP contribution in [0.15, 0.2) is 18.2 Å². The first-order valence-corrected chi connectivity index (χ1v) is 11.8. The largest absolute Gasteiger partial charge is 0.393 e. The lowest BCUT2D eigenvalue weighted by molar-refractivity contribution is -0.139. The van der Waals surface area contributed by atoms with Gasteiger partial charge in [-0.25, -0.2) is 4.39 Å². The van der Waals surface area contributed by atoms with Crippen molar-refractivity contribution in [2.45, 2.75) is 69.9 Å². The Morgan fingerprint density at radius 2 is 1.87 bits per heavy atom. The number of hydrogen-bond donors (Lipinski definition) is 2. The maximum atomic E-state index is 15.0. The fourth-order valence-corrected chi connectivity index (χ4v) is 5.71. The van der Waals surface area contributed by atoms with Crippen LogP contribution in [0.4, 0.5) is 15.8 Å². The van der Waals surface area contributed by atoms with Gasteiger partial charge < -0.3 is 20.2 Å². The molecule has 2 amide bonds. The van der Waals surface area contributed by atoms with Crippen LogP contribution in [-0.4, -0.2) is 53.6 Å². The fourth-order valence-electron chi connectivity index (χ4n) is 5.71. The number of benzene rings is 1. The highest BCUT2D eigenvalue weighted by atomic mass is 19.1. The van der Waals surface area contributed by atoms with Gasteiger partial charge in [-0.2, -0.15) is 0 Å². The minimum Gasteiger partial charge on any atom is -0.393 e. The number of amides is 2. The highest BCUT2D eigenvalue weighted by Gasteiger charge is 2.50. The van der Waals surface area contributed by atoms with E-state index in [2.05, 4.69) is 5.32 Å². The number of nitrogens with zero attached hydrogens (tertiary/aromatic N) is 2. The van der Waals surface area contributed by atoms with Crippen LogP contribution in [0.1, 0.15) is 57.8 Å². The second-order valence-corrected chi connectivity index (χ2v) is 9.95. The number of halogens is 1. The van der Waals surface area contributed by atoms with Gasteiger partial charge in [0.1, 0.15) is 5.82 Å². The molecule has 31 heavy (non-hydrogen) atoms. The van der Waals surface area contributed by atoms with Crippen molar-refractivity contribution in [2.24, 2.45) is 11.3 Å². The summed E-state index contributed by atoms with van der Waals surface area (Å²) in [6.45, 7) is 2.04. The van der Waals surface area contributed by atoms with E-state index in [1.165, 1.54) is 6.07 Å². The Labute approximate surface area is 182 Å². The van der Waals surface area contributed by atoms with E-state index in [-0.39, 0.29) is 35.7 Å². The Bertz CT molecular complexity index is 866. The van der Waals surface area contributed by atoms with Crippen molar-refractivity contribution in [3.05, 3.63) is 24.0 Å². The highest BCUT2D eigenvalue weighted by Crippen LogP contribution is 2.44. The van der Waals surface area contributed by atoms with E-state index in [1.54, 1.807) is 12.1 Å². The van der Waals surface area contributed by atoms with Crippen molar-refractivity contribution in [1.29, 1.82) is 0 Å². The summed E-state index contributed by atoms with van der Waals surface area (Å²) in [6, 6.07) is 5.12. The number of carbonyl (C=O) groups excluding carboxylic acids is 2. The van der Waals surface area contributed by atoms with Crippen LogP contribution in [-0.2, 0) is 9.59 Å². The van der Waals surface area contributed by atoms with Gasteiger partial charge in [0.15, 0.2) is 0 Å². The molecule has 0 radical (unpaired) electrons. The monoisotopic (exact) mass is 429 g/mol. The van der Waals surface area contributed by atoms with Crippen LogP contribution in [0.5, 0.6) is 0 Å². The summed E-state index contributed by atoms with van der Waals surface area (Å²) in [6.07, 6.45) is 7.40. The molecule has 6 nitrogen and oxygen atoms in total. The molecule has 2 N–H and O–H groups in total. The smallest absolute Gasteiger partial charge is 0.230 e. The molecule has 1 spiro atoms. The van der Waals surface area contributed by atoms with Gasteiger partial charge in [0, 0.05) is 37.3 Å². The minimum absolute atomic E-state index is 0.0315. The molecular formula is C24H32FN3O3. The van der Waals surface area contributed by atoms with Crippen LogP contribution < -0.4 is 10.2 Å². The SMILES string of the molecule is O=C(Nc1ccc(N2CCC[C@@]3(CCN(C4CCC(O)CC4)C3=O)C2)c(F)c1)C1CC1. The third-order valence-corrected chi connectivity index (χ3v) is 7.73. The summed E-state index contributed by atoms with van der Waals surface area (Å²) in [7, 11) is 0. The van der Waals surface area contributed by atoms with Gasteiger partial charge in [0.2, 0.25) is 11.8 Å².